The molecule has 1 saturated heterocycles. The fraction of sp³-hybridized carbons (Fsp3) is 0.0893. The third kappa shape index (κ3) is 4.35. The van der Waals surface area contributed by atoms with Gasteiger partial charge in [-0.3, -0.25) is 14.7 Å². The number of piperidine rings is 1. The summed E-state index contributed by atoms with van der Waals surface area (Å²) in [4.78, 5) is 16.3. The van der Waals surface area contributed by atoms with Gasteiger partial charge >= 0.3 is 0 Å². The second-order valence-electron chi connectivity index (χ2n) is 17.2. The summed E-state index contributed by atoms with van der Waals surface area (Å²) >= 11 is 0. The maximum atomic E-state index is 5.85. The van der Waals surface area contributed by atoms with E-state index in [4.69, 9.17) is 15.0 Å². The van der Waals surface area contributed by atoms with Gasteiger partial charge in [0.2, 0.25) is 0 Å². The number of imidazole rings is 1. The molecule has 1 fully saturated rings. The molecule has 5 heteroatoms. The Morgan fingerprint density at radius 1 is 0.574 bits per heavy atom. The number of nitrogens with one attached hydrogen (secondary N) is 1. The number of pyridine rings is 2. The van der Waals surface area contributed by atoms with Crippen LogP contribution in [0.3, 0.4) is 0 Å². The highest BCUT2D eigenvalue weighted by molar-refractivity contribution is 6.24. The van der Waals surface area contributed by atoms with Crippen LogP contribution in [-0.4, -0.2) is 26.2 Å². The van der Waals surface area contributed by atoms with Crippen molar-refractivity contribution in [2.24, 2.45) is 10.9 Å². The van der Waals surface area contributed by atoms with Crippen LogP contribution in [0.2, 0.25) is 0 Å². The lowest BCUT2D eigenvalue weighted by atomic mass is 9.56. The molecule has 286 valence electrons. The zero-order chi connectivity index (χ0) is 39.9. The highest BCUT2D eigenvalue weighted by atomic mass is 15.2. The largest absolute Gasteiger partial charge is 0.298 e. The smallest absolute Gasteiger partial charge is 0.137 e. The van der Waals surface area contributed by atoms with Gasteiger partial charge in [-0.15, -0.1) is 0 Å². The van der Waals surface area contributed by atoms with Crippen molar-refractivity contribution >= 4 is 76.4 Å². The number of rotatable bonds is 4. The van der Waals surface area contributed by atoms with E-state index in [2.05, 4.69) is 198 Å². The van der Waals surface area contributed by atoms with Gasteiger partial charge < -0.3 is 0 Å². The molecule has 14 rings (SSSR count). The van der Waals surface area contributed by atoms with E-state index in [1.54, 1.807) is 0 Å². The van der Waals surface area contributed by atoms with Crippen molar-refractivity contribution in [1.82, 2.24) is 19.7 Å². The summed E-state index contributed by atoms with van der Waals surface area (Å²) in [6, 6.07) is 64.3. The van der Waals surface area contributed by atoms with Crippen LogP contribution < -0.4 is 5.32 Å². The number of fused-ring (bicyclic) bond motifs is 17. The molecule has 61 heavy (non-hydrogen) atoms. The van der Waals surface area contributed by atoms with E-state index in [1.807, 2.05) is 6.07 Å². The molecular weight excluding hydrogens is 743 g/mol. The quantitative estimate of drug-likeness (QED) is 0.143. The molecule has 1 N–H and O–H groups in total. The van der Waals surface area contributed by atoms with E-state index in [0.29, 0.717) is 0 Å². The predicted molar refractivity (Wildman–Crippen MR) is 250 cm³/mol. The summed E-state index contributed by atoms with van der Waals surface area (Å²) in [6.45, 7) is 0. The normalized spacial score (nSPS) is 21.8. The molecule has 0 saturated carbocycles. The molecule has 2 aliphatic heterocycles. The standard InChI is InChI=1S/C56H37N5/c1-3-15-39-35(13-1)31-46(43-19-6-5-17-41(39)43)53-56(47-32-36-14-2-4-16-40(36)42-18-7-8-20-44(42)47)55(29-28-37(33-55)54(59-53)60-56)38-26-24-34(25-27-38)50-52-51(45-21-9-10-22-48(45)57-50)58-49-23-11-12-30-61(49)52/h1-32,37,54,60H,33H2/t37?,54?,55?,56-/m1/s1. The van der Waals surface area contributed by atoms with Crippen LogP contribution in [0.1, 0.15) is 23.1 Å². The Kier molecular flexibility index (Phi) is 6.60. The number of benzene rings is 8. The van der Waals surface area contributed by atoms with Crippen molar-refractivity contribution in [2.45, 2.75) is 23.5 Å². The number of nitrogens with zero attached hydrogens (tertiary/aromatic N) is 4. The molecule has 4 atom stereocenters. The first-order valence-corrected chi connectivity index (χ1v) is 21.3. The first-order valence-electron chi connectivity index (χ1n) is 21.3. The number of para-hydroxylation sites is 1. The summed E-state index contributed by atoms with van der Waals surface area (Å²) in [5.74, 6) is 0.240. The maximum Gasteiger partial charge on any atom is 0.137 e. The zero-order valence-corrected chi connectivity index (χ0v) is 33.1. The maximum absolute atomic E-state index is 5.85. The van der Waals surface area contributed by atoms with Gasteiger partial charge in [-0.25, -0.2) is 9.97 Å². The summed E-state index contributed by atoms with van der Waals surface area (Å²) < 4.78 is 2.18. The lowest BCUT2D eigenvalue weighted by Gasteiger charge is -2.51. The Hall–Kier alpha value is -7.47. The van der Waals surface area contributed by atoms with Gasteiger partial charge in [0.05, 0.1) is 22.4 Å². The van der Waals surface area contributed by atoms with Crippen molar-refractivity contribution in [2.75, 3.05) is 0 Å². The van der Waals surface area contributed by atoms with Crippen LogP contribution in [0.25, 0.3) is 81.9 Å². The van der Waals surface area contributed by atoms with Crippen LogP contribution in [0.5, 0.6) is 0 Å². The third-order valence-electron chi connectivity index (χ3n) is 14.3. The average Bonchev–Trinajstić information content (AvgIpc) is 4.03. The SMILES string of the molecule is C1=CC2(c3ccc(-c4nc5ccccc5c5nc6ccccn6c45)cc3)CC1C1N=C(c3cc4ccccc4c4ccccc34)[C@@]2(c2cc3ccccc3c3ccccc23)N1. The molecule has 4 bridgehead atoms. The van der Waals surface area contributed by atoms with Crippen molar-refractivity contribution in [3.63, 3.8) is 0 Å². The van der Waals surface area contributed by atoms with Gasteiger partial charge in [-0.05, 0) is 91.0 Å². The molecule has 3 aliphatic rings. The molecular formula is C56H37N5. The lowest BCUT2D eigenvalue weighted by Crippen LogP contribution is -2.64. The number of aliphatic imine (C=N–C) groups is 1. The van der Waals surface area contributed by atoms with Crippen molar-refractivity contribution in [3.8, 4) is 11.3 Å². The molecule has 1 aliphatic carbocycles. The summed E-state index contributed by atoms with van der Waals surface area (Å²) in [5.41, 5.74) is 9.47. The molecule has 0 spiro atoms. The fourth-order valence-corrected chi connectivity index (χ4v) is 11.6. The molecule has 5 heterocycles. The molecule has 8 aromatic carbocycles. The van der Waals surface area contributed by atoms with Gasteiger partial charge in [0.1, 0.15) is 22.9 Å². The first kappa shape index (κ1) is 33.4. The number of hydrogen-bond donors (Lipinski definition) is 1. The Bertz CT molecular complexity index is 3750. The van der Waals surface area contributed by atoms with Crippen LogP contribution in [-0.2, 0) is 11.0 Å². The summed E-state index contributed by atoms with van der Waals surface area (Å²) in [7, 11) is 0. The Morgan fingerprint density at radius 2 is 1.21 bits per heavy atom. The highest BCUT2D eigenvalue weighted by Gasteiger charge is 2.66. The molecule has 0 radical (unpaired) electrons. The van der Waals surface area contributed by atoms with Crippen LogP contribution in [0, 0.1) is 5.92 Å². The second-order valence-corrected chi connectivity index (χ2v) is 17.2. The van der Waals surface area contributed by atoms with Crippen LogP contribution >= 0.6 is 0 Å². The molecule has 3 aromatic heterocycles. The van der Waals surface area contributed by atoms with E-state index < -0.39 is 11.0 Å². The van der Waals surface area contributed by atoms with Crippen LogP contribution in [0.4, 0.5) is 0 Å². The second kappa shape index (κ2) is 12.1. The van der Waals surface area contributed by atoms with E-state index in [1.165, 1.54) is 59.8 Å². The van der Waals surface area contributed by atoms with E-state index in [0.717, 1.165) is 51.0 Å². The third-order valence-corrected chi connectivity index (χ3v) is 14.3. The first-order chi connectivity index (χ1) is 30.2. The Morgan fingerprint density at radius 3 is 2.00 bits per heavy atom. The van der Waals surface area contributed by atoms with Crippen molar-refractivity contribution < 1.29 is 0 Å². The van der Waals surface area contributed by atoms with Gasteiger partial charge in [0, 0.05) is 34.0 Å². The van der Waals surface area contributed by atoms with E-state index in [-0.39, 0.29) is 12.1 Å². The number of aromatic nitrogens is 3. The predicted octanol–water partition coefficient (Wildman–Crippen LogP) is 12.5. The minimum Gasteiger partial charge on any atom is -0.298 e. The van der Waals surface area contributed by atoms with E-state index >= 15 is 0 Å². The van der Waals surface area contributed by atoms with Crippen molar-refractivity contribution in [3.05, 3.63) is 211 Å². The molecule has 3 unspecified atom stereocenters. The number of hydrogen-bond acceptors (Lipinski definition) is 4. The van der Waals surface area contributed by atoms with Gasteiger partial charge in [0.15, 0.2) is 0 Å². The van der Waals surface area contributed by atoms with Gasteiger partial charge in [-0.2, -0.15) is 0 Å². The topological polar surface area (TPSA) is 54.6 Å². The van der Waals surface area contributed by atoms with Gasteiger partial charge in [0.25, 0.3) is 0 Å². The molecule has 0 amide bonds. The minimum atomic E-state index is -0.715. The van der Waals surface area contributed by atoms with E-state index in [9.17, 15) is 0 Å². The molecule has 11 aromatic rings. The minimum absolute atomic E-state index is 0.0677. The monoisotopic (exact) mass is 779 g/mol. The lowest BCUT2D eigenvalue weighted by molar-refractivity contribution is 0.191. The average molecular weight is 780 g/mol. The summed E-state index contributed by atoms with van der Waals surface area (Å²) in [5, 5.41) is 15.4. The van der Waals surface area contributed by atoms with Crippen molar-refractivity contribution in [1.29, 1.82) is 0 Å². The Balaban J connectivity index is 1.05. The van der Waals surface area contributed by atoms with Gasteiger partial charge in [-0.1, -0.05) is 158 Å². The summed E-state index contributed by atoms with van der Waals surface area (Å²) in [6.07, 6.45) is 7.96. The highest BCUT2D eigenvalue weighted by Crippen LogP contribution is 2.61. The fourth-order valence-electron chi connectivity index (χ4n) is 11.6. The molecule has 5 nitrogen and oxygen atoms in total. The zero-order valence-electron chi connectivity index (χ0n) is 33.1. The Labute approximate surface area is 351 Å². The van der Waals surface area contributed by atoms with Crippen LogP contribution in [0.15, 0.2) is 199 Å².